The van der Waals surface area contributed by atoms with Crippen molar-refractivity contribution < 1.29 is 9.84 Å². The lowest BCUT2D eigenvalue weighted by molar-refractivity contribution is 0.0285. The van der Waals surface area contributed by atoms with Gasteiger partial charge < -0.3 is 9.84 Å². The lowest BCUT2D eigenvalue weighted by Gasteiger charge is -2.25. The van der Waals surface area contributed by atoms with Gasteiger partial charge in [0.2, 0.25) is 0 Å². The molecule has 2 rings (SSSR count). The molecule has 2 aromatic carbocycles. The van der Waals surface area contributed by atoms with Crippen molar-refractivity contribution in [3.63, 3.8) is 0 Å². The fourth-order valence-electron chi connectivity index (χ4n) is 2.70. The van der Waals surface area contributed by atoms with Crippen molar-refractivity contribution in [3.05, 3.63) is 83.9 Å². The number of aliphatic hydroxyl groups excluding tert-OH is 1. The molecule has 2 aromatic rings. The molecule has 0 aromatic heterocycles. The van der Waals surface area contributed by atoms with Crippen LogP contribution < -0.4 is 0 Å². The van der Waals surface area contributed by atoms with Gasteiger partial charge in [-0.1, -0.05) is 81.1 Å². The van der Waals surface area contributed by atoms with Crippen molar-refractivity contribution in [1.29, 1.82) is 0 Å². The van der Waals surface area contributed by atoms with Crippen molar-refractivity contribution in [2.75, 3.05) is 0 Å². The molecule has 0 aliphatic carbocycles. The quantitative estimate of drug-likeness (QED) is 0.702. The molecule has 0 bridgehead atoms. The number of hydrogen-bond donors (Lipinski definition) is 1. The minimum atomic E-state index is -0.537. The molecule has 0 aliphatic heterocycles. The van der Waals surface area contributed by atoms with Crippen LogP contribution in [0.4, 0.5) is 0 Å². The van der Waals surface area contributed by atoms with Crippen LogP contribution in [-0.4, -0.2) is 11.2 Å². The first-order valence-electron chi connectivity index (χ1n) is 8.14. The molecular formula is C21H26O2. The predicted octanol–water partition coefficient (Wildman–Crippen LogP) is 4.91. The van der Waals surface area contributed by atoms with E-state index in [1.54, 1.807) is 0 Å². The summed E-state index contributed by atoms with van der Waals surface area (Å²) in [7, 11) is 0. The minimum Gasteiger partial charge on any atom is -0.388 e. The molecule has 2 atom stereocenters. The first-order valence-corrected chi connectivity index (χ1v) is 8.14. The lowest BCUT2D eigenvalue weighted by Crippen LogP contribution is -2.23. The molecule has 23 heavy (non-hydrogen) atoms. The maximum Gasteiger partial charge on any atom is 0.0828 e. The largest absolute Gasteiger partial charge is 0.388 e. The van der Waals surface area contributed by atoms with Gasteiger partial charge in [-0.05, 0) is 22.6 Å². The third-order valence-corrected chi connectivity index (χ3v) is 3.92. The maximum atomic E-state index is 10.4. The first-order chi connectivity index (χ1) is 11.1. The molecule has 2 heteroatoms. The standard InChI is InChI=1S/C21H26O2/c1-16(2)21(23-15-18-10-6-4-7-11-18)17(3)14-20(22)19-12-8-5-9-13-19/h4-13,16,20-22H,3,14-15H2,1-2H3/t20-,21-/m1/s1. The second-order valence-electron chi connectivity index (χ2n) is 6.25. The zero-order chi connectivity index (χ0) is 16.7. The van der Waals surface area contributed by atoms with Crippen LogP contribution in [0.5, 0.6) is 0 Å². The Balaban J connectivity index is 1.95. The first kappa shape index (κ1) is 17.5. The Morgan fingerprint density at radius 3 is 2.13 bits per heavy atom. The van der Waals surface area contributed by atoms with Crippen molar-refractivity contribution >= 4 is 0 Å². The van der Waals surface area contributed by atoms with Crippen LogP contribution in [0.2, 0.25) is 0 Å². The molecule has 122 valence electrons. The molecular weight excluding hydrogens is 284 g/mol. The normalized spacial score (nSPS) is 13.7. The van der Waals surface area contributed by atoms with Crippen molar-refractivity contribution in [3.8, 4) is 0 Å². The zero-order valence-corrected chi connectivity index (χ0v) is 14.0. The number of ether oxygens (including phenoxy) is 1. The molecule has 0 radical (unpaired) electrons. The summed E-state index contributed by atoms with van der Waals surface area (Å²) >= 11 is 0. The summed E-state index contributed by atoms with van der Waals surface area (Å²) in [4.78, 5) is 0. The van der Waals surface area contributed by atoms with E-state index in [1.165, 1.54) is 0 Å². The zero-order valence-electron chi connectivity index (χ0n) is 14.0. The Bertz CT molecular complexity index is 590. The molecule has 0 spiro atoms. The van der Waals surface area contributed by atoms with E-state index in [0.29, 0.717) is 18.9 Å². The van der Waals surface area contributed by atoms with E-state index in [0.717, 1.165) is 16.7 Å². The monoisotopic (exact) mass is 310 g/mol. The molecule has 0 unspecified atom stereocenters. The minimum absolute atomic E-state index is 0.0615. The van der Waals surface area contributed by atoms with Gasteiger partial charge in [0, 0.05) is 6.42 Å². The van der Waals surface area contributed by atoms with Crippen molar-refractivity contribution in [2.24, 2.45) is 5.92 Å². The highest BCUT2D eigenvalue weighted by Crippen LogP contribution is 2.26. The van der Waals surface area contributed by atoms with E-state index in [1.807, 2.05) is 48.5 Å². The van der Waals surface area contributed by atoms with Gasteiger partial charge in [-0.3, -0.25) is 0 Å². The van der Waals surface area contributed by atoms with E-state index >= 15 is 0 Å². The molecule has 0 fully saturated rings. The summed E-state index contributed by atoms with van der Waals surface area (Å²) in [5, 5.41) is 10.4. The SMILES string of the molecule is C=C(C[C@@H](O)c1ccccc1)[C@H](OCc1ccccc1)C(C)C. The lowest BCUT2D eigenvalue weighted by atomic mass is 9.93. The van der Waals surface area contributed by atoms with Gasteiger partial charge >= 0.3 is 0 Å². The summed E-state index contributed by atoms with van der Waals surface area (Å²) in [6, 6.07) is 19.8. The van der Waals surface area contributed by atoms with E-state index in [9.17, 15) is 5.11 Å². The topological polar surface area (TPSA) is 29.5 Å². The van der Waals surface area contributed by atoms with Crippen molar-refractivity contribution in [1.82, 2.24) is 0 Å². The second-order valence-corrected chi connectivity index (χ2v) is 6.25. The van der Waals surface area contributed by atoms with Gasteiger partial charge in [0.15, 0.2) is 0 Å². The van der Waals surface area contributed by atoms with Crippen LogP contribution in [0.15, 0.2) is 72.8 Å². The summed E-state index contributed by atoms with van der Waals surface area (Å²) in [5.74, 6) is 0.314. The van der Waals surface area contributed by atoms with Gasteiger partial charge in [-0.25, -0.2) is 0 Å². The second kappa shape index (κ2) is 8.66. The molecule has 0 aliphatic rings. The van der Waals surface area contributed by atoms with Gasteiger partial charge in [0.1, 0.15) is 0 Å². The van der Waals surface area contributed by atoms with Gasteiger partial charge in [0.25, 0.3) is 0 Å². The number of benzene rings is 2. The van der Waals surface area contributed by atoms with Crippen molar-refractivity contribution in [2.45, 2.75) is 39.1 Å². The number of hydrogen-bond acceptors (Lipinski definition) is 2. The average Bonchev–Trinajstić information content (AvgIpc) is 2.56. The Morgan fingerprint density at radius 2 is 1.57 bits per heavy atom. The van der Waals surface area contributed by atoms with Crippen LogP contribution in [0.25, 0.3) is 0 Å². The van der Waals surface area contributed by atoms with E-state index in [2.05, 4.69) is 32.6 Å². The van der Waals surface area contributed by atoms with E-state index in [-0.39, 0.29) is 6.10 Å². The average molecular weight is 310 g/mol. The summed E-state index contributed by atoms with van der Waals surface area (Å²) in [6.07, 6.45) is -0.0828. The fraction of sp³-hybridized carbons (Fsp3) is 0.333. The summed E-state index contributed by atoms with van der Waals surface area (Å²) in [5.41, 5.74) is 3.00. The van der Waals surface area contributed by atoms with Crippen LogP contribution >= 0.6 is 0 Å². The Hall–Kier alpha value is -1.90. The Morgan fingerprint density at radius 1 is 1.00 bits per heavy atom. The van der Waals surface area contributed by atoms with Crippen LogP contribution in [0, 0.1) is 5.92 Å². The highest BCUT2D eigenvalue weighted by molar-refractivity contribution is 5.20. The van der Waals surface area contributed by atoms with Gasteiger partial charge in [-0.15, -0.1) is 0 Å². The van der Waals surface area contributed by atoms with Gasteiger partial charge in [0.05, 0.1) is 18.8 Å². The molecule has 2 nitrogen and oxygen atoms in total. The molecule has 0 saturated heterocycles. The fourth-order valence-corrected chi connectivity index (χ4v) is 2.70. The van der Waals surface area contributed by atoms with E-state index < -0.39 is 6.10 Å². The molecule has 1 N–H and O–H groups in total. The number of rotatable bonds is 8. The predicted molar refractivity (Wildman–Crippen MR) is 95.0 cm³/mol. The van der Waals surface area contributed by atoms with E-state index in [4.69, 9.17) is 4.74 Å². The van der Waals surface area contributed by atoms with Crippen LogP contribution in [-0.2, 0) is 11.3 Å². The maximum absolute atomic E-state index is 10.4. The highest BCUT2D eigenvalue weighted by Gasteiger charge is 2.20. The molecule has 0 amide bonds. The summed E-state index contributed by atoms with van der Waals surface area (Å²) in [6.45, 7) is 8.97. The third-order valence-electron chi connectivity index (χ3n) is 3.92. The highest BCUT2D eigenvalue weighted by atomic mass is 16.5. The summed E-state index contributed by atoms with van der Waals surface area (Å²) < 4.78 is 6.08. The third kappa shape index (κ3) is 5.34. The Labute approximate surface area is 139 Å². The van der Waals surface area contributed by atoms with Crippen LogP contribution in [0.3, 0.4) is 0 Å². The molecule has 0 saturated carbocycles. The molecule has 0 heterocycles. The Kier molecular flexibility index (Phi) is 6.57. The van der Waals surface area contributed by atoms with Crippen LogP contribution in [0.1, 0.15) is 37.5 Å². The number of aliphatic hydroxyl groups is 1. The smallest absolute Gasteiger partial charge is 0.0828 e. The van der Waals surface area contributed by atoms with Gasteiger partial charge in [-0.2, -0.15) is 0 Å².